The molecule has 0 spiro atoms. The molecule has 0 aliphatic rings. The van der Waals surface area contributed by atoms with Crippen LogP contribution in [0.25, 0.3) is 10.9 Å². The van der Waals surface area contributed by atoms with E-state index in [0.717, 1.165) is 10.9 Å². The zero-order valence-electron chi connectivity index (χ0n) is 17.1. The van der Waals surface area contributed by atoms with Gasteiger partial charge in [-0.1, -0.05) is 53.6 Å². The second-order valence-corrected chi connectivity index (χ2v) is 9.47. The van der Waals surface area contributed by atoms with Gasteiger partial charge in [0.1, 0.15) is 0 Å². The molecule has 1 aromatic carbocycles. The highest BCUT2D eigenvalue weighted by Crippen LogP contribution is 2.25. The van der Waals surface area contributed by atoms with Crippen LogP contribution in [0.5, 0.6) is 0 Å². The van der Waals surface area contributed by atoms with E-state index >= 15 is 0 Å². The van der Waals surface area contributed by atoms with E-state index in [9.17, 15) is 4.79 Å². The molecule has 0 saturated heterocycles. The van der Waals surface area contributed by atoms with Gasteiger partial charge in [-0.15, -0.1) is 0 Å². The van der Waals surface area contributed by atoms with E-state index in [4.69, 9.17) is 14.2 Å². The summed E-state index contributed by atoms with van der Waals surface area (Å²) in [5.41, 5.74) is 0.432. The van der Waals surface area contributed by atoms with E-state index in [-0.39, 0.29) is 11.0 Å². The monoisotopic (exact) mass is 480 g/mol. The zero-order chi connectivity index (χ0) is 21.0. The van der Waals surface area contributed by atoms with Crippen LogP contribution in [0.4, 0.5) is 0 Å². The molecule has 0 bridgehead atoms. The van der Waals surface area contributed by atoms with Crippen molar-refractivity contribution >= 4 is 38.6 Å². The quantitative estimate of drug-likeness (QED) is 0.265. The smallest absolute Gasteiger partial charge is 0.262 e. The first-order valence-corrected chi connectivity index (χ1v) is 11.3. The minimum atomic E-state index is -0.178. The average Bonchev–Trinajstić information content (AvgIpc) is 3.15. The number of hydrogen-bond acceptors (Lipinski definition) is 7. The Morgan fingerprint density at radius 1 is 1.28 bits per heavy atom. The summed E-state index contributed by atoms with van der Waals surface area (Å²) < 4.78 is 13.4. The van der Waals surface area contributed by atoms with E-state index in [1.807, 2.05) is 45.9 Å². The van der Waals surface area contributed by atoms with Gasteiger partial charge in [0.15, 0.2) is 11.0 Å². The van der Waals surface area contributed by atoms with Crippen molar-refractivity contribution in [3.05, 3.63) is 44.7 Å². The van der Waals surface area contributed by atoms with Crippen LogP contribution in [0, 0.1) is 0 Å². The Kier molecular flexibility index (Phi) is 7.13. The molecule has 3 aromatic rings. The number of aromatic nitrogens is 4. The van der Waals surface area contributed by atoms with Crippen LogP contribution in [-0.2, 0) is 22.4 Å². The molecule has 29 heavy (non-hydrogen) atoms. The Morgan fingerprint density at radius 3 is 2.76 bits per heavy atom. The van der Waals surface area contributed by atoms with Crippen molar-refractivity contribution in [3.8, 4) is 0 Å². The zero-order valence-corrected chi connectivity index (χ0v) is 19.5. The normalized spacial score (nSPS) is 12.0. The van der Waals surface area contributed by atoms with Crippen molar-refractivity contribution in [1.29, 1.82) is 0 Å². The molecular formula is C20H25BrN4O3S. The van der Waals surface area contributed by atoms with Crippen LogP contribution in [0.2, 0.25) is 0 Å². The van der Waals surface area contributed by atoms with Crippen molar-refractivity contribution in [1.82, 2.24) is 19.7 Å². The van der Waals surface area contributed by atoms with Crippen LogP contribution in [-0.4, -0.2) is 32.9 Å². The Hall–Kier alpha value is -1.71. The summed E-state index contributed by atoms with van der Waals surface area (Å²) in [6.07, 6.45) is 0.733. The molecule has 0 saturated carbocycles. The van der Waals surface area contributed by atoms with E-state index in [0.29, 0.717) is 53.3 Å². The summed E-state index contributed by atoms with van der Waals surface area (Å²) in [4.78, 5) is 22.3. The van der Waals surface area contributed by atoms with Gasteiger partial charge < -0.3 is 9.26 Å². The molecule has 0 aliphatic heterocycles. The molecule has 0 atom stereocenters. The molecule has 9 heteroatoms. The van der Waals surface area contributed by atoms with Gasteiger partial charge in [0.2, 0.25) is 5.89 Å². The van der Waals surface area contributed by atoms with Crippen LogP contribution in [0.15, 0.2) is 37.1 Å². The molecule has 156 valence electrons. The molecule has 0 fully saturated rings. The van der Waals surface area contributed by atoms with E-state index in [1.54, 1.807) is 4.57 Å². The number of thioether (sulfide) groups is 1. The fraction of sp³-hybridized carbons (Fsp3) is 0.500. The van der Waals surface area contributed by atoms with E-state index in [1.165, 1.54) is 11.8 Å². The topological polar surface area (TPSA) is 83.0 Å². The Bertz CT molecular complexity index is 1040. The third kappa shape index (κ3) is 5.46. The molecule has 2 heterocycles. The van der Waals surface area contributed by atoms with Gasteiger partial charge in [0.25, 0.3) is 5.56 Å². The highest BCUT2D eigenvalue weighted by Gasteiger charge is 2.21. The maximum atomic E-state index is 13.1. The van der Waals surface area contributed by atoms with E-state index in [2.05, 4.69) is 26.1 Å². The predicted molar refractivity (Wildman–Crippen MR) is 117 cm³/mol. The molecule has 0 unspecified atom stereocenters. The fourth-order valence-electron chi connectivity index (χ4n) is 2.69. The number of benzene rings is 1. The molecule has 3 rings (SSSR count). The van der Waals surface area contributed by atoms with Gasteiger partial charge in [-0.3, -0.25) is 9.36 Å². The lowest BCUT2D eigenvalue weighted by molar-refractivity contribution is 0.140. The van der Waals surface area contributed by atoms with Crippen molar-refractivity contribution in [2.24, 2.45) is 0 Å². The molecule has 0 radical (unpaired) electrons. The van der Waals surface area contributed by atoms with Crippen molar-refractivity contribution < 1.29 is 9.26 Å². The van der Waals surface area contributed by atoms with Crippen molar-refractivity contribution in [3.63, 3.8) is 0 Å². The highest BCUT2D eigenvalue weighted by atomic mass is 79.9. The first kappa shape index (κ1) is 22.0. The predicted octanol–water partition coefficient (Wildman–Crippen LogP) is 4.56. The minimum Gasteiger partial charge on any atom is -0.382 e. The minimum absolute atomic E-state index is 0.0591. The second-order valence-electron chi connectivity index (χ2n) is 7.61. The third-order valence-electron chi connectivity index (χ3n) is 4.22. The second kappa shape index (κ2) is 9.40. The summed E-state index contributed by atoms with van der Waals surface area (Å²) in [6.45, 7) is 9.86. The summed E-state index contributed by atoms with van der Waals surface area (Å²) in [5.74, 6) is 1.63. The first-order chi connectivity index (χ1) is 13.8. The average molecular weight is 481 g/mol. The van der Waals surface area contributed by atoms with Gasteiger partial charge in [0, 0.05) is 29.6 Å². The number of nitrogens with zero attached hydrogens (tertiary/aromatic N) is 4. The highest BCUT2D eigenvalue weighted by molar-refractivity contribution is 9.10. The molecule has 0 aliphatic carbocycles. The van der Waals surface area contributed by atoms with Gasteiger partial charge in [-0.25, -0.2) is 4.98 Å². The third-order valence-corrected chi connectivity index (χ3v) is 5.67. The lowest BCUT2D eigenvalue weighted by Gasteiger charge is -2.13. The molecule has 7 nitrogen and oxygen atoms in total. The van der Waals surface area contributed by atoms with Gasteiger partial charge >= 0.3 is 0 Å². The lowest BCUT2D eigenvalue weighted by Crippen LogP contribution is -2.24. The number of ether oxygens (including phenoxy) is 1. The summed E-state index contributed by atoms with van der Waals surface area (Å²) >= 11 is 4.86. The maximum Gasteiger partial charge on any atom is 0.262 e. The molecule has 2 aromatic heterocycles. The van der Waals surface area contributed by atoms with Crippen LogP contribution < -0.4 is 5.56 Å². The van der Waals surface area contributed by atoms with Gasteiger partial charge in [0.05, 0.1) is 16.7 Å². The first-order valence-electron chi connectivity index (χ1n) is 9.53. The van der Waals surface area contributed by atoms with Crippen LogP contribution in [0.3, 0.4) is 0 Å². The Morgan fingerprint density at radius 2 is 2.07 bits per heavy atom. The standard InChI is InChI=1S/C20H25BrN4O3S/c1-5-27-10-6-9-25-17(26)14-11-13(21)7-8-15(14)22-19(25)29-12-16-23-18(24-28-16)20(2,3)4/h7-8,11H,5-6,9-10,12H2,1-4H3. The van der Waals surface area contributed by atoms with Crippen LogP contribution >= 0.6 is 27.7 Å². The number of rotatable bonds is 8. The summed E-state index contributed by atoms with van der Waals surface area (Å²) in [7, 11) is 0. The van der Waals surface area contributed by atoms with Gasteiger partial charge in [-0.2, -0.15) is 4.98 Å². The molecule has 0 amide bonds. The Labute approximate surface area is 182 Å². The number of fused-ring (bicyclic) bond motifs is 1. The van der Waals surface area contributed by atoms with Crippen LogP contribution in [0.1, 0.15) is 45.8 Å². The number of hydrogen-bond donors (Lipinski definition) is 0. The molecule has 0 N–H and O–H groups in total. The molecular weight excluding hydrogens is 456 g/mol. The SMILES string of the molecule is CCOCCCn1c(SCc2nc(C(C)(C)C)no2)nc2ccc(Br)cc2c1=O. The van der Waals surface area contributed by atoms with Crippen molar-refractivity contribution in [2.75, 3.05) is 13.2 Å². The lowest BCUT2D eigenvalue weighted by atomic mass is 9.96. The largest absolute Gasteiger partial charge is 0.382 e. The fourth-order valence-corrected chi connectivity index (χ4v) is 3.92. The Balaban J connectivity index is 1.88. The van der Waals surface area contributed by atoms with E-state index < -0.39 is 0 Å². The maximum absolute atomic E-state index is 13.1. The number of halogens is 1. The van der Waals surface area contributed by atoms with Gasteiger partial charge in [-0.05, 0) is 31.5 Å². The van der Waals surface area contributed by atoms with Crippen molar-refractivity contribution in [2.45, 2.75) is 57.0 Å². The summed E-state index contributed by atoms with van der Waals surface area (Å²) in [5, 5.41) is 5.29. The summed E-state index contributed by atoms with van der Waals surface area (Å²) in [6, 6.07) is 5.54.